The molecule has 0 fully saturated rings. The second-order valence-electron chi connectivity index (χ2n) is 5.24. The number of aromatic amines is 1. The van der Waals surface area contributed by atoms with Gasteiger partial charge in [-0.15, -0.1) is 0 Å². The van der Waals surface area contributed by atoms with Crippen LogP contribution in [0.25, 0.3) is 11.3 Å². The van der Waals surface area contributed by atoms with Crippen molar-refractivity contribution in [1.29, 1.82) is 0 Å². The number of carbonyl (C=O) groups is 2. The van der Waals surface area contributed by atoms with Crippen molar-refractivity contribution in [3.05, 3.63) is 42.1 Å². The smallest absolute Gasteiger partial charge is 0.357 e. The summed E-state index contributed by atoms with van der Waals surface area (Å²) in [6.45, 7) is 5.21. The number of amides is 1. The number of esters is 1. The van der Waals surface area contributed by atoms with E-state index in [0.29, 0.717) is 5.69 Å². The molecule has 2 aromatic rings. The third-order valence-corrected chi connectivity index (χ3v) is 2.95. The summed E-state index contributed by atoms with van der Waals surface area (Å²) in [5.41, 5.74) is 1.75. The highest BCUT2D eigenvalue weighted by molar-refractivity contribution is 5.91. The van der Waals surface area contributed by atoms with Crippen molar-refractivity contribution in [3.63, 3.8) is 0 Å². The number of ether oxygens (including phenoxy) is 1. The van der Waals surface area contributed by atoms with Crippen molar-refractivity contribution in [2.45, 2.75) is 32.9 Å². The molecule has 0 aliphatic heterocycles. The third kappa shape index (κ3) is 3.94. The summed E-state index contributed by atoms with van der Waals surface area (Å²) in [6, 6.07) is 11.1. The highest BCUT2D eigenvalue weighted by Gasteiger charge is 2.20. The second kappa shape index (κ2) is 6.89. The number of hydrogen-bond donors (Lipinski definition) is 2. The van der Waals surface area contributed by atoms with E-state index < -0.39 is 12.1 Å². The first kappa shape index (κ1) is 15.8. The lowest BCUT2D eigenvalue weighted by molar-refractivity contribution is -0.129. The number of rotatable bonds is 5. The lowest BCUT2D eigenvalue weighted by atomic mass is 10.1. The largest absolute Gasteiger partial charge is 0.448 e. The molecule has 0 bridgehead atoms. The van der Waals surface area contributed by atoms with E-state index in [9.17, 15) is 9.59 Å². The minimum absolute atomic E-state index is 0.00881. The molecule has 22 heavy (non-hydrogen) atoms. The number of nitrogens with one attached hydrogen (secondary N) is 2. The molecule has 0 aliphatic carbocycles. The quantitative estimate of drug-likeness (QED) is 0.829. The molecule has 6 heteroatoms. The van der Waals surface area contributed by atoms with Crippen molar-refractivity contribution in [1.82, 2.24) is 15.5 Å². The van der Waals surface area contributed by atoms with Crippen molar-refractivity contribution < 1.29 is 14.3 Å². The maximum absolute atomic E-state index is 12.0. The Morgan fingerprint density at radius 3 is 2.50 bits per heavy atom. The number of aromatic nitrogens is 2. The van der Waals surface area contributed by atoms with Crippen LogP contribution in [-0.4, -0.2) is 34.2 Å². The Morgan fingerprint density at radius 1 is 1.18 bits per heavy atom. The summed E-state index contributed by atoms with van der Waals surface area (Å²) in [4.78, 5) is 23.7. The molecule has 1 amide bonds. The van der Waals surface area contributed by atoms with Crippen molar-refractivity contribution in [2.75, 3.05) is 0 Å². The van der Waals surface area contributed by atoms with Crippen molar-refractivity contribution >= 4 is 11.9 Å². The molecule has 1 aromatic heterocycles. The molecule has 0 saturated carbocycles. The minimum atomic E-state index is -0.863. The van der Waals surface area contributed by atoms with Crippen LogP contribution in [0.1, 0.15) is 31.3 Å². The summed E-state index contributed by atoms with van der Waals surface area (Å²) in [5, 5.41) is 9.40. The van der Waals surface area contributed by atoms with Gasteiger partial charge in [0, 0.05) is 11.6 Å². The fraction of sp³-hybridized carbons (Fsp3) is 0.312. The minimum Gasteiger partial charge on any atom is -0.448 e. The third-order valence-electron chi connectivity index (χ3n) is 2.95. The Bertz CT molecular complexity index is 650. The summed E-state index contributed by atoms with van der Waals surface area (Å²) in [7, 11) is 0. The van der Waals surface area contributed by atoms with Gasteiger partial charge in [0.2, 0.25) is 0 Å². The van der Waals surface area contributed by atoms with Gasteiger partial charge < -0.3 is 10.1 Å². The van der Waals surface area contributed by atoms with Crippen LogP contribution in [0.3, 0.4) is 0 Å². The normalized spacial score (nSPS) is 12.0. The topological polar surface area (TPSA) is 84.1 Å². The van der Waals surface area contributed by atoms with Gasteiger partial charge >= 0.3 is 5.97 Å². The predicted molar refractivity (Wildman–Crippen MR) is 82.2 cm³/mol. The molecule has 0 spiro atoms. The van der Waals surface area contributed by atoms with E-state index >= 15 is 0 Å². The van der Waals surface area contributed by atoms with Gasteiger partial charge in [-0.2, -0.15) is 5.10 Å². The molecule has 1 heterocycles. The zero-order chi connectivity index (χ0) is 16.1. The second-order valence-corrected chi connectivity index (χ2v) is 5.24. The Hall–Kier alpha value is -2.63. The number of benzene rings is 1. The maximum atomic E-state index is 12.0. The molecule has 2 N–H and O–H groups in total. The van der Waals surface area contributed by atoms with Gasteiger partial charge in [-0.25, -0.2) is 4.79 Å². The van der Waals surface area contributed by atoms with Gasteiger partial charge in [0.05, 0.1) is 5.69 Å². The van der Waals surface area contributed by atoms with Gasteiger partial charge in [-0.1, -0.05) is 30.3 Å². The highest BCUT2D eigenvalue weighted by atomic mass is 16.5. The summed E-state index contributed by atoms with van der Waals surface area (Å²) < 4.78 is 5.13. The fourth-order valence-electron chi connectivity index (χ4n) is 1.86. The lowest BCUT2D eigenvalue weighted by Crippen LogP contribution is -2.39. The average Bonchev–Trinajstić information content (AvgIpc) is 2.97. The van der Waals surface area contributed by atoms with Gasteiger partial charge in [0.25, 0.3) is 5.91 Å². The molecule has 6 nitrogen and oxygen atoms in total. The van der Waals surface area contributed by atoms with Crippen LogP contribution in [0.2, 0.25) is 0 Å². The van der Waals surface area contributed by atoms with Crippen LogP contribution < -0.4 is 5.32 Å². The van der Waals surface area contributed by atoms with Crippen LogP contribution in [-0.2, 0) is 9.53 Å². The van der Waals surface area contributed by atoms with Crippen LogP contribution in [0.15, 0.2) is 36.4 Å². The predicted octanol–water partition coefficient (Wildman–Crippen LogP) is 2.15. The Balaban J connectivity index is 2.02. The molecule has 0 saturated heterocycles. The maximum Gasteiger partial charge on any atom is 0.357 e. The van der Waals surface area contributed by atoms with Gasteiger partial charge in [0.1, 0.15) is 5.69 Å². The zero-order valence-corrected chi connectivity index (χ0v) is 12.8. The van der Waals surface area contributed by atoms with Crippen LogP contribution >= 0.6 is 0 Å². The first-order chi connectivity index (χ1) is 10.5. The first-order valence-electron chi connectivity index (χ1n) is 7.09. The van der Waals surface area contributed by atoms with Gasteiger partial charge in [0.15, 0.2) is 6.10 Å². The molecular weight excluding hydrogens is 282 g/mol. The number of hydrogen-bond acceptors (Lipinski definition) is 4. The Kier molecular flexibility index (Phi) is 4.93. The van der Waals surface area contributed by atoms with E-state index in [1.54, 1.807) is 6.07 Å². The SMILES string of the molecule is CC(C)NC(=O)[C@H](C)OC(=O)c1cc(-c2ccccc2)n[nH]1. The number of carbonyl (C=O) groups excluding carboxylic acids is 2. The van der Waals surface area contributed by atoms with E-state index in [1.807, 2.05) is 44.2 Å². The molecule has 2 rings (SSSR count). The van der Waals surface area contributed by atoms with Gasteiger partial charge in [-0.05, 0) is 26.8 Å². The fourth-order valence-corrected chi connectivity index (χ4v) is 1.86. The molecule has 116 valence electrons. The summed E-state index contributed by atoms with van der Waals surface area (Å²) in [6.07, 6.45) is -0.863. The zero-order valence-electron chi connectivity index (χ0n) is 12.8. The molecule has 0 unspecified atom stereocenters. The average molecular weight is 301 g/mol. The first-order valence-corrected chi connectivity index (χ1v) is 7.09. The van der Waals surface area contributed by atoms with E-state index in [-0.39, 0.29) is 17.6 Å². The Morgan fingerprint density at radius 2 is 1.86 bits per heavy atom. The lowest BCUT2D eigenvalue weighted by Gasteiger charge is -2.14. The number of H-pyrrole nitrogens is 1. The van der Waals surface area contributed by atoms with Crippen LogP contribution in [0.5, 0.6) is 0 Å². The summed E-state index contributed by atoms with van der Waals surface area (Å²) in [5.74, 6) is -0.938. The molecule has 1 aromatic carbocycles. The van der Waals surface area contributed by atoms with E-state index in [0.717, 1.165) is 5.56 Å². The summed E-state index contributed by atoms with van der Waals surface area (Å²) >= 11 is 0. The van der Waals surface area contributed by atoms with Gasteiger partial charge in [-0.3, -0.25) is 9.89 Å². The van der Waals surface area contributed by atoms with Crippen molar-refractivity contribution in [2.24, 2.45) is 0 Å². The molecule has 1 atom stereocenters. The van der Waals surface area contributed by atoms with E-state index in [1.165, 1.54) is 6.92 Å². The monoisotopic (exact) mass is 301 g/mol. The molecule has 0 radical (unpaired) electrons. The molecular formula is C16H19N3O3. The van der Waals surface area contributed by atoms with E-state index in [4.69, 9.17) is 4.74 Å². The van der Waals surface area contributed by atoms with Crippen LogP contribution in [0, 0.1) is 0 Å². The number of nitrogens with zero attached hydrogens (tertiary/aromatic N) is 1. The standard InChI is InChI=1S/C16H19N3O3/c1-10(2)17-15(20)11(3)22-16(21)14-9-13(18-19-14)12-7-5-4-6-8-12/h4-11H,1-3H3,(H,17,20)(H,18,19)/t11-/m0/s1. The molecule has 0 aliphatic rings. The van der Waals surface area contributed by atoms with Crippen LogP contribution in [0.4, 0.5) is 0 Å². The van der Waals surface area contributed by atoms with Crippen molar-refractivity contribution in [3.8, 4) is 11.3 Å². The van der Waals surface area contributed by atoms with E-state index in [2.05, 4.69) is 15.5 Å². The highest BCUT2D eigenvalue weighted by Crippen LogP contribution is 2.17. The Labute approximate surface area is 128 Å².